The first-order valence-corrected chi connectivity index (χ1v) is 16.7. The fourth-order valence-electron chi connectivity index (χ4n) is 5.90. The number of carbonyl (C=O) groups excluding carboxylic acids is 1. The number of pyridine rings is 1. The van der Waals surface area contributed by atoms with Crippen LogP contribution in [0.3, 0.4) is 0 Å². The molecule has 1 unspecified atom stereocenters. The van der Waals surface area contributed by atoms with Gasteiger partial charge in [-0.1, -0.05) is 24.3 Å². The van der Waals surface area contributed by atoms with Gasteiger partial charge in [0.15, 0.2) is 0 Å². The molecule has 3 heterocycles. The minimum absolute atomic E-state index is 0.0729. The predicted octanol–water partition coefficient (Wildman–Crippen LogP) is 7.99. The van der Waals surface area contributed by atoms with Crippen LogP contribution in [0, 0.1) is 0 Å². The highest BCUT2D eigenvalue weighted by molar-refractivity contribution is 7.98. The van der Waals surface area contributed by atoms with E-state index in [2.05, 4.69) is 15.2 Å². The van der Waals surface area contributed by atoms with Crippen LogP contribution in [-0.4, -0.2) is 47.4 Å². The third-order valence-corrected chi connectivity index (χ3v) is 9.51. The van der Waals surface area contributed by atoms with E-state index in [1.165, 1.54) is 24.2 Å². The number of epoxide rings is 1. The number of nitrogens with zero attached hydrogens (tertiary/aromatic N) is 2. The highest BCUT2D eigenvalue weighted by atomic mass is 32.2. The van der Waals surface area contributed by atoms with Crippen LogP contribution in [0.15, 0.2) is 85.1 Å². The molecule has 2 fully saturated rings. The molecule has 2 saturated heterocycles. The molecule has 47 heavy (non-hydrogen) atoms. The highest BCUT2D eigenvalue weighted by Crippen LogP contribution is 2.47. The molecule has 0 saturated carbocycles. The maximum atomic E-state index is 13.6. The summed E-state index contributed by atoms with van der Waals surface area (Å²) in [5.74, 6) is -0.0963. The number of carboxylic acids is 1. The summed E-state index contributed by atoms with van der Waals surface area (Å²) in [6.07, 6.45) is 0.564. The van der Waals surface area contributed by atoms with Crippen LogP contribution >= 0.6 is 11.8 Å². The monoisotopic (exact) mass is 661 g/mol. The number of carboxylic acid groups (broad SMARTS) is 1. The van der Waals surface area contributed by atoms with Gasteiger partial charge in [0, 0.05) is 47.6 Å². The van der Waals surface area contributed by atoms with Crippen molar-refractivity contribution in [1.29, 1.82) is 0 Å². The Hall–Kier alpha value is -4.35. The zero-order valence-corrected chi connectivity index (χ0v) is 26.4. The summed E-state index contributed by atoms with van der Waals surface area (Å²) < 4.78 is 46.5. The summed E-state index contributed by atoms with van der Waals surface area (Å²) in [7, 11) is 0. The summed E-state index contributed by atoms with van der Waals surface area (Å²) in [4.78, 5) is 31.3. The number of aromatic nitrogens is 1. The molecule has 0 aliphatic carbocycles. The third-order valence-electron chi connectivity index (χ3n) is 8.48. The van der Waals surface area contributed by atoms with Gasteiger partial charge in [0.05, 0.1) is 30.0 Å². The number of rotatable bonds is 11. The van der Waals surface area contributed by atoms with E-state index in [1.807, 2.05) is 30.3 Å². The molecular formula is C36H34F3N3O4S. The van der Waals surface area contributed by atoms with Crippen molar-refractivity contribution in [2.24, 2.45) is 0 Å². The van der Waals surface area contributed by atoms with E-state index in [1.54, 1.807) is 36.5 Å². The van der Waals surface area contributed by atoms with E-state index >= 15 is 0 Å². The molecule has 1 aromatic heterocycles. The Morgan fingerprint density at radius 3 is 2.47 bits per heavy atom. The van der Waals surface area contributed by atoms with Gasteiger partial charge in [-0.3, -0.25) is 14.6 Å². The second kappa shape index (κ2) is 13.8. The number of anilines is 2. The number of thioether (sulfide) groups is 1. The van der Waals surface area contributed by atoms with E-state index in [4.69, 9.17) is 9.84 Å². The Balaban J connectivity index is 1.31. The van der Waals surface area contributed by atoms with Crippen molar-refractivity contribution in [3.63, 3.8) is 0 Å². The lowest BCUT2D eigenvalue weighted by Gasteiger charge is -2.29. The number of nitrogens with one attached hydrogen (secondary N) is 1. The Morgan fingerprint density at radius 1 is 0.957 bits per heavy atom. The molecule has 0 spiro atoms. The van der Waals surface area contributed by atoms with Crippen LogP contribution in [0.2, 0.25) is 0 Å². The number of aliphatic carboxylic acids is 1. The molecule has 244 valence electrons. The molecule has 1 amide bonds. The van der Waals surface area contributed by atoms with Gasteiger partial charge in [-0.05, 0) is 90.6 Å². The number of halogens is 3. The van der Waals surface area contributed by atoms with Gasteiger partial charge < -0.3 is 20.1 Å². The van der Waals surface area contributed by atoms with Crippen molar-refractivity contribution in [1.82, 2.24) is 4.98 Å². The second-order valence-electron chi connectivity index (χ2n) is 11.8. The van der Waals surface area contributed by atoms with E-state index in [-0.39, 0.29) is 18.9 Å². The minimum Gasteiger partial charge on any atom is -0.481 e. The summed E-state index contributed by atoms with van der Waals surface area (Å²) in [5, 5.41) is 11.9. The van der Waals surface area contributed by atoms with E-state index in [0.29, 0.717) is 45.1 Å². The Labute approximate surface area is 275 Å². The largest absolute Gasteiger partial charge is 0.481 e. The second-order valence-corrected chi connectivity index (χ2v) is 12.9. The molecule has 1 atom stereocenters. The maximum Gasteiger partial charge on any atom is 0.416 e. The minimum atomic E-state index is -4.48. The number of amides is 1. The van der Waals surface area contributed by atoms with Crippen LogP contribution in [0.4, 0.5) is 24.5 Å². The van der Waals surface area contributed by atoms with Crippen molar-refractivity contribution < 1.29 is 32.6 Å². The molecule has 0 bridgehead atoms. The first kappa shape index (κ1) is 32.6. The van der Waals surface area contributed by atoms with Gasteiger partial charge in [-0.2, -0.15) is 24.9 Å². The number of ether oxygens (including phenoxy) is 1. The number of hydrogen-bond donors (Lipinski definition) is 2. The SMILES string of the molecule is O=C(O)CCSCc1cccc(C(=O)Nc2ccc(N3CCCCC3)cc2-c2cc(C3(c4cccc(C(F)(F)F)c4)CO3)ccn2)c1. The highest BCUT2D eigenvalue weighted by Gasteiger charge is 2.49. The lowest BCUT2D eigenvalue weighted by Crippen LogP contribution is -2.29. The summed E-state index contributed by atoms with van der Waals surface area (Å²) in [5.41, 5.74) is 3.50. The maximum absolute atomic E-state index is 13.6. The van der Waals surface area contributed by atoms with Crippen LogP contribution in [0.25, 0.3) is 11.3 Å². The molecular weight excluding hydrogens is 627 g/mol. The van der Waals surface area contributed by atoms with Gasteiger partial charge in [0.1, 0.15) is 5.60 Å². The zero-order chi connectivity index (χ0) is 33.0. The average molecular weight is 662 g/mol. The van der Waals surface area contributed by atoms with Gasteiger partial charge in [-0.25, -0.2) is 0 Å². The zero-order valence-electron chi connectivity index (χ0n) is 25.6. The Bertz CT molecular complexity index is 1770. The fraction of sp³-hybridized carbons (Fsp3) is 0.306. The molecule has 11 heteroatoms. The number of hydrogen-bond acceptors (Lipinski definition) is 6. The molecule has 2 N–H and O–H groups in total. The van der Waals surface area contributed by atoms with Gasteiger partial charge >= 0.3 is 12.1 Å². The summed E-state index contributed by atoms with van der Waals surface area (Å²) >= 11 is 1.49. The number of benzene rings is 3. The van der Waals surface area contributed by atoms with Crippen LogP contribution in [0.5, 0.6) is 0 Å². The summed E-state index contributed by atoms with van der Waals surface area (Å²) in [6.45, 7) is 2.07. The molecule has 7 nitrogen and oxygen atoms in total. The Morgan fingerprint density at radius 2 is 1.72 bits per heavy atom. The fourth-order valence-corrected chi connectivity index (χ4v) is 6.77. The topological polar surface area (TPSA) is 95.1 Å². The van der Waals surface area contributed by atoms with Crippen molar-refractivity contribution in [2.45, 2.75) is 43.2 Å². The molecule has 2 aliphatic heterocycles. The molecule has 0 radical (unpaired) electrons. The Kier molecular flexibility index (Phi) is 9.56. The third kappa shape index (κ3) is 7.63. The van der Waals surface area contributed by atoms with Crippen LogP contribution in [-0.2, 0) is 27.1 Å². The lowest BCUT2D eigenvalue weighted by molar-refractivity contribution is -0.138. The normalized spacial score (nSPS) is 17.7. The van der Waals surface area contributed by atoms with E-state index in [9.17, 15) is 22.8 Å². The standard InChI is InChI=1S/C36H34F3N3O4S/c37-36(38,39)28-9-5-8-26(19-28)35(23-46-35)27-12-14-40-32(20-27)30-21-29(42-15-2-1-3-16-42)10-11-31(30)41-34(45)25-7-4-6-24(18-25)22-47-17-13-33(43)44/h4-12,14,18-21H,1-3,13,15-17,22-23H2,(H,41,45)(H,43,44). The van der Waals surface area contributed by atoms with E-state index < -0.39 is 23.3 Å². The van der Waals surface area contributed by atoms with Gasteiger partial charge in [-0.15, -0.1) is 0 Å². The number of alkyl halides is 3. The van der Waals surface area contributed by atoms with Crippen molar-refractivity contribution in [2.75, 3.05) is 35.7 Å². The quantitative estimate of drug-likeness (QED) is 0.124. The number of piperidine rings is 1. The van der Waals surface area contributed by atoms with E-state index in [0.717, 1.165) is 49.3 Å². The average Bonchev–Trinajstić information content (AvgIpc) is 3.90. The molecule has 3 aromatic carbocycles. The van der Waals surface area contributed by atoms with Gasteiger partial charge in [0.2, 0.25) is 0 Å². The molecule has 6 rings (SSSR count). The smallest absolute Gasteiger partial charge is 0.416 e. The predicted molar refractivity (Wildman–Crippen MR) is 177 cm³/mol. The number of carbonyl (C=O) groups is 2. The lowest BCUT2D eigenvalue weighted by atomic mass is 9.90. The van der Waals surface area contributed by atoms with Crippen molar-refractivity contribution >= 4 is 35.0 Å². The molecule has 2 aliphatic rings. The van der Waals surface area contributed by atoms with Crippen molar-refractivity contribution in [3.05, 3.63) is 113 Å². The van der Waals surface area contributed by atoms with Crippen LogP contribution in [0.1, 0.15) is 58.3 Å². The summed E-state index contributed by atoms with van der Waals surface area (Å²) in [6, 6.07) is 21.9. The van der Waals surface area contributed by atoms with Crippen LogP contribution < -0.4 is 10.2 Å². The van der Waals surface area contributed by atoms with Crippen molar-refractivity contribution in [3.8, 4) is 11.3 Å². The van der Waals surface area contributed by atoms with Gasteiger partial charge in [0.25, 0.3) is 5.91 Å². The molecule has 4 aromatic rings. The first-order valence-electron chi connectivity index (χ1n) is 15.5. The first-order chi connectivity index (χ1) is 22.6.